The molecule has 1 amide bonds. The van der Waals surface area contributed by atoms with Gasteiger partial charge < -0.3 is 10.3 Å². The van der Waals surface area contributed by atoms with Gasteiger partial charge in [-0.2, -0.15) is 0 Å². The van der Waals surface area contributed by atoms with Crippen LogP contribution in [0.3, 0.4) is 0 Å². The van der Waals surface area contributed by atoms with Gasteiger partial charge >= 0.3 is 0 Å². The van der Waals surface area contributed by atoms with Gasteiger partial charge in [0, 0.05) is 18.3 Å². The van der Waals surface area contributed by atoms with E-state index in [9.17, 15) is 13.2 Å². The van der Waals surface area contributed by atoms with Crippen LogP contribution in [0, 0.1) is 0 Å². The number of amides is 1. The molecular weight excluding hydrogens is 292 g/mol. The summed E-state index contributed by atoms with van der Waals surface area (Å²) < 4.78 is 25.9. The van der Waals surface area contributed by atoms with Crippen LogP contribution in [0.1, 0.15) is 23.0 Å². The zero-order chi connectivity index (χ0) is 15.3. The number of carbonyl (C=O) groups is 1. The second kappa shape index (κ2) is 6.51. The van der Waals surface area contributed by atoms with E-state index in [1.807, 2.05) is 0 Å². The number of hydrogen-bond donors (Lipinski definition) is 3. The van der Waals surface area contributed by atoms with E-state index in [0.717, 1.165) is 5.69 Å². The average molecular weight is 308 g/mol. The zero-order valence-electron chi connectivity index (χ0n) is 11.5. The smallest absolute Gasteiger partial charge is 0.251 e. The minimum absolute atomic E-state index is 0.134. The molecule has 2 aromatic rings. The van der Waals surface area contributed by atoms with Gasteiger partial charge in [-0.25, -0.2) is 18.1 Å². The quantitative estimate of drug-likeness (QED) is 0.728. The lowest BCUT2D eigenvalue weighted by molar-refractivity contribution is 0.0950. The maximum Gasteiger partial charge on any atom is 0.251 e. The summed E-state index contributed by atoms with van der Waals surface area (Å²) in [4.78, 5) is 18.8. The summed E-state index contributed by atoms with van der Waals surface area (Å²) in [5.41, 5.74) is 1.18. The topological polar surface area (TPSA) is 104 Å². The van der Waals surface area contributed by atoms with Crippen molar-refractivity contribution in [1.29, 1.82) is 0 Å². The highest BCUT2D eigenvalue weighted by Gasteiger charge is 2.13. The molecule has 0 saturated heterocycles. The molecular formula is C13H16N4O3S. The SMILES string of the molecule is CCNS(=O)(=O)c1ccc(C(=O)NCc2cnc[nH]2)cc1. The molecule has 1 aromatic carbocycles. The maximum absolute atomic E-state index is 11.9. The van der Waals surface area contributed by atoms with Gasteiger partial charge in [0.1, 0.15) is 0 Å². The second-order valence-electron chi connectivity index (χ2n) is 4.29. The predicted octanol–water partition coefficient (Wildman–Crippen LogP) is 0.638. The van der Waals surface area contributed by atoms with E-state index in [4.69, 9.17) is 0 Å². The molecule has 0 radical (unpaired) electrons. The number of aromatic nitrogens is 2. The van der Waals surface area contributed by atoms with Crippen molar-refractivity contribution >= 4 is 15.9 Å². The van der Waals surface area contributed by atoms with E-state index in [1.165, 1.54) is 30.6 Å². The summed E-state index contributed by atoms with van der Waals surface area (Å²) in [7, 11) is -3.50. The molecule has 0 unspecified atom stereocenters. The zero-order valence-corrected chi connectivity index (χ0v) is 12.3. The van der Waals surface area contributed by atoms with E-state index in [2.05, 4.69) is 20.0 Å². The summed E-state index contributed by atoms with van der Waals surface area (Å²) in [6.45, 7) is 2.35. The number of aromatic amines is 1. The van der Waals surface area contributed by atoms with E-state index in [1.54, 1.807) is 13.1 Å². The van der Waals surface area contributed by atoms with Crippen LogP contribution >= 0.6 is 0 Å². The Morgan fingerprint density at radius 3 is 2.57 bits per heavy atom. The van der Waals surface area contributed by atoms with Gasteiger partial charge in [-0.3, -0.25) is 4.79 Å². The van der Waals surface area contributed by atoms with Crippen molar-refractivity contribution in [3.05, 3.63) is 48.0 Å². The highest BCUT2D eigenvalue weighted by atomic mass is 32.2. The number of rotatable bonds is 6. The van der Waals surface area contributed by atoms with Crippen molar-refractivity contribution < 1.29 is 13.2 Å². The molecule has 2 rings (SSSR count). The first-order valence-corrected chi connectivity index (χ1v) is 7.86. The van der Waals surface area contributed by atoms with Crippen LogP contribution in [0.4, 0.5) is 0 Å². The monoisotopic (exact) mass is 308 g/mol. The average Bonchev–Trinajstić information content (AvgIpc) is 2.98. The summed E-state index contributed by atoms with van der Waals surface area (Å²) in [5.74, 6) is -0.281. The molecule has 0 atom stereocenters. The first kappa shape index (κ1) is 15.2. The summed E-state index contributed by atoms with van der Waals surface area (Å²) in [6.07, 6.45) is 3.15. The van der Waals surface area contributed by atoms with Gasteiger partial charge in [0.2, 0.25) is 10.0 Å². The fourth-order valence-corrected chi connectivity index (χ4v) is 2.76. The van der Waals surface area contributed by atoms with Gasteiger partial charge in [0.15, 0.2) is 0 Å². The predicted molar refractivity (Wildman–Crippen MR) is 77.1 cm³/mol. The highest BCUT2D eigenvalue weighted by molar-refractivity contribution is 7.89. The Hall–Kier alpha value is -2.19. The summed E-state index contributed by atoms with van der Waals surface area (Å²) in [5, 5.41) is 2.71. The Morgan fingerprint density at radius 1 is 1.29 bits per heavy atom. The molecule has 0 aliphatic rings. The minimum Gasteiger partial charge on any atom is -0.347 e. The van der Waals surface area contributed by atoms with Crippen LogP contribution in [0.15, 0.2) is 41.7 Å². The van der Waals surface area contributed by atoms with E-state index in [0.29, 0.717) is 18.7 Å². The summed E-state index contributed by atoms with van der Waals surface area (Å²) >= 11 is 0. The first-order chi connectivity index (χ1) is 10.0. The van der Waals surface area contributed by atoms with E-state index in [-0.39, 0.29) is 10.8 Å². The molecule has 0 spiro atoms. The lowest BCUT2D eigenvalue weighted by atomic mass is 10.2. The number of benzene rings is 1. The minimum atomic E-state index is -3.50. The third kappa shape index (κ3) is 3.89. The van der Waals surface area contributed by atoms with Gasteiger partial charge in [-0.1, -0.05) is 6.92 Å². The largest absolute Gasteiger partial charge is 0.347 e. The van der Waals surface area contributed by atoms with E-state index < -0.39 is 10.0 Å². The van der Waals surface area contributed by atoms with Crippen LogP contribution in [0.25, 0.3) is 0 Å². The van der Waals surface area contributed by atoms with Crippen LogP contribution < -0.4 is 10.0 Å². The molecule has 0 bridgehead atoms. The van der Waals surface area contributed by atoms with Crippen LogP contribution in [0.2, 0.25) is 0 Å². The van der Waals surface area contributed by atoms with Gasteiger partial charge in [0.25, 0.3) is 5.91 Å². The summed E-state index contributed by atoms with van der Waals surface area (Å²) in [6, 6.07) is 5.77. The standard InChI is InChI=1S/C13H16N4O3S/c1-2-17-21(19,20)12-5-3-10(4-6-12)13(18)15-8-11-7-14-9-16-11/h3-7,9,17H,2,8H2,1H3,(H,14,16)(H,15,18). The van der Waals surface area contributed by atoms with Crippen molar-refractivity contribution in [2.24, 2.45) is 0 Å². The van der Waals surface area contributed by atoms with Crippen LogP contribution in [-0.2, 0) is 16.6 Å². The third-order valence-corrected chi connectivity index (χ3v) is 4.32. The third-order valence-electron chi connectivity index (χ3n) is 2.76. The lowest BCUT2D eigenvalue weighted by Gasteiger charge is -2.06. The fourth-order valence-electron chi connectivity index (χ4n) is 1.72. The Kier molecular flexibility index (Phi) is 4.71. The number of sulfonamides is 1. The van der Waals surface area contributed by atoms with Crippen molar-refractivity contribution in [2.75, 3.05) is 6.54 Å². The molecule has 0 saturated carbocycles. The Labute approximate surface area is 122 Å². The maximum atomic E-state index is 11.9. The number of hydrogen-bond acceptors (Lipinski definition) is 4. The fraction of sp³-hybridized carbons (Fsp3) is 0.231. The second-order valence-corrected chi connectivity index (χ2v) is 6.05. The Balaban J connectivity index is 2.03. The number of nitrogens with zero attached hydrogens (tertiary/aromatic N) is 1. The number of imidazole rings is 1. The van der Waals surface area contributed by atoms with Crippen LogP contribution in [-0.4, -0.2) is 30.8 Å². The Morgan fingerprint density at radius 2 is 2.00 bits per heavy atom. The molecule has 7 nitrogen and oxygen atoms in total. The molecule has 1 heterocycles. The van der Waals surface area contributed by atoms with Crippen molar-refractivity contribution in [3.8, 4) is 0 Å². The lowest BCUT2D eigenvalue weighted by Crippen LogP contribution is -2.24. The van der Waals surface area contributed by atoms with Crippen molar-refractivity contribution in [3.63, 3.8) is 0 Å². The van der Waals surface area contributed by atoms with E-state index >= 15 is 0 Å². The first-order valence-electron chi connectivity index (χ1n) is 6.38. The van der Waals surface area contributed by atoms with Gasteiger partial charge in [-0.05, 0) is 24.3 Å². The molecule has 1 aromatic heterocycles. The molecule has 0 aliphatic heterocycles. The number of carbonyl (C=O) groups excluding carboxylic acids is 1. The number of nitrogens with one attached hydrogen (secondary N) is 3. The van der Waals surface area contributed by atoms with Gasteiger partial charge in [-0.15, -0.1) is 0 Å². The van der Waals surface area contributed by atoms with Crippen molar-refractivity contribution in [2.45, 2.75) is 18.4 Å². The molecule has 21 heavy (non-hydrogen) atoms. The molecule has 3 N–H and O–H groups in total. The van der Waals surface area contributed by atoms with Crippen molar-refractivity contribution in [1.82, 2.24) is 20.0 Å². The molecule has 112 valence electrons. The Bertz CT molecular complexity index is 694. The van der Waals surface area contributed by atoms with Crippen LogP contribution in [0.5, 0.6) is 0 Å². The number of H-pyrrole nitrogens is 1. The molecule has 0 aliphatic carbocycles. The molecule has 8 heteroatoms. The highest BCUT2D eigenvalue weighted by Crippen LogP contribution is 2.10. The molecule has 0 fully saturated rings. The van der Waals surface area contributed by atoms with Gasteiger partial charge in [0.05, 0.1) is 23.5 Å². The normalized spacial score (nSPS) is 11.3.